The molecular formula is C23H25N3O. The molecule has 0 N–H and O–H groups in total. The molecule has 0 unspecified atom stereocenters. The van der Waals surface area contributed by atoms with Crippen LogP contribution in [0.3, 0.4) is 0 Å². The van der Waals surface area contributed by atoms with E-state index in [1.165, 1.54) is 0 Å². The molecule has 1 fully saturated rings. The highest BCUT2D eigenvalue weighted by Gasteiger charge is 2.30. The number of aromatic nitrogens is 2. The fourth-order valence-electron chi connectivity index (χ4n) is 4.01. The summed E-state index contributed by atoms with van der Waals surface area (Å²) < 4.78 is 1.87. The SMILES string of the molecule is C[C@@H]1CCN(C(=O)c2cnn(-c3ccccc3)c2-c2ccccc2)[C@H](C)C1. The summed E-state index contributed by atoms with van der Waals surface area (Å²) >= 11 is 0. The van der Waals surface area contributed by atoms with Crippen LogP contribution < -0.4 is 0 Å². The van der Waals surface area contributed by atoms with Crippen molar-refractivity contribution in [3.8, 4) is 16.9 Å². The molecular weight excluding hydrogens is 334 g/mol. The molecule has 27 heavy (non-hydrogen) atoms. The van der Waals surface area contributed by atoms with E-state index >= 15 is 0 Å². The van der Waals surface area contributed by atoms with Crippen molar-refractivity contribution in [2.75, 3.05) is 6.54 Å². The van der Waals surface area contributed by atoms with Crippen LogP contribution in [0, 0.1) is 5.92 Å². The Kier molecular flexibility index (Phi) is 4.80. The molecule has 1 aliphatic heterocycles. The minimum atomic E-state index is 0.0791. The van der Waals surface area contributed by atoms with E-state index in [0.29, 0.717) is 11.5 Å². The van der Waals surface area contributed by atoms with Gasteiger partial charge in [0.05, 0.1) is 23.1 Å². The summed E-state index contributed by atoms with van der Waals surface area (Å²) in [6.07, 6.45) is 3.84. The second-order valence-corrected chi connectivity index (χ2v) is 7.50. The van der Waals surface area contributed by atoms with Gasteiger partial charge in [-0.1, -0.05) is 55.5 Å². The van der Waals surface area contributed by atoms with E-state index < -0.39 is 0 Å². The average Bonchev–Trinajstić information content (AvgIpc) is 3.14. The van der Waals surface area contributed by atoms with Crippen molar-refractivity contribution in [3.63, 3.8) is 0 Å². The van der Waals surface area contributed by atoms with Crippen molar-refractivity contribution in [2.45, 2.75) is 32.7 Å². The predicted molar refractivity (Wildman–Crippen MR) is 108 cm³/mol. The lowest BCUT2D eigenvalue weighted by Crippen LogP contribution is -2.44. The number of amides is 1. The summed E-state index contributed by atoms with van der Waals surface area (Å²) in [7, 11) is 0. The molecule has 4 nitrogen and oxygen atoms in total. The smallest absolute Gasteiger partial charge is 0.257 e. The van der Waals surface area contributed by atoms with Gasteiger partial charge in [-0.15, -0.1) is 0 Å². The van der Waals surface area contributed by atoms with Gasteiger partial charge in [0, 0.05) is 18.2 Å². The number of carbonyl (C=O) groups excluding carboxylic acids is 1. The van der Waals surface area contributed by atoms with Crippen LogP contribution in [0.15, 0.2) is 66.9 Å². The van der Waals surface area contributed by atoms with Crippen molar-refractivity contribution < 1.29 is 4.79 Å². The zero-order chi connectivity index (χ0) is 18.8. The fourth-order valence-corrected chi connectivity index (χ4v) is 4.01. The van der Waals surface area contributed by atoms with Gasteiger partial charge < -0.3 is 4.90 Å². The van der Waals surface area contributed by atoms with Gasteiger partial charge in [-0.3, -0.25) is 4.79 Å². The van der Waals surface area contributed by atoms with E-state index in [-0.39, 0.29) is 11.9 Å². The maximum Gasteiger partial charge on any atom is 0.257 e. The largest absolute Gasteiger partial charge is 0.336 e. The first-order valence-electron chi connectivity index (χ1n) is 9.65. The van der Waals surface area contributed by atoms with E-state index in [2.05, 4.69) is 18.9 Å². The average molecular weight is 359 g/mol. The number of hydrogen-bond donors (Lipinski definition) is 0. The molecule has 2 aromatic carbocycles. The summed E-state index contributed by atoms with van der Waals surface area (Å²) in [6.45, 7) is 5.23. The Morgan fingerprint density at radius 1 is 1.00 bits per heavy atom. The molecule has 0 radical (unpaired) electrons. The van der Waals surface area contributed by atoms with E-state index in [4.69, 9.17) is 0 Å². The topological polar surface area (TPSA) is 38.1 Å². The second-order valence-electron chi connectivity index (χ2n) is 7.50. The van der Waals surface area contributed by atoms with Gasteiger partial charge in [-0.2, -0.15) is 5.10 Å². The van der Waals surface area contributed by atoms with Crippen LogP contribution in [0.4, 0.5) is 0 Å². The van der Waals surface area contributed by atoms with E-state index in [1.54, 1.807) is 6.20 Å². The molecule has 4 heteroatoms. The standard InChI is InChI=1S/C23H25N3O/c1-17-13-14-25(18(2)15-17)23(27)21-16-24-26(20-11-7-4-8-12-20)22(21)19-9-5-3-6-10-19/h3-12,16-18H,13-15H2,1-2H3/t17-,18-/m1/s1. The molecule has 3 aromatic rings. The monoisotopic (exact) mass is 359 g/mol. The van der Waals surface area contributed by atoms with Crippen molar-refractivity contribution in [1.82, 2.24) is 14.7 Å². The summed E-state index contributed by atoms with van der Waals surface area (Å²) in [5.74, 6) is 0.750. The first kappa shape index (κ1) is 17.5. The Labute approximate surface area is 160 Å². The van der Waals surface area contributed by atoms with Crippen LogP contribution in [0.5, 0.6) is 0 Å². The number of carbonyl (C=O) groups is 1. The van der Waals surface area contributed by atoms with Crippen LogP contribution >= 0.6 is 0 Å². The third-order valence-corrected chi connectivity index (χ3v) is 5.45. The quantitative estimate of drug-likeness (QED) is 0.674. The Hall–Kier alpha value is -2.88. The fraction of sp³-hybridized carbons (Fsp3) is 0.304. The molecule has 0 saturated carbocycles. The van der Waals surface area contributed by atoms with E-state index in [9.17, 15) is 4.79 Å². The van der Waals surface area contributed by atoms with Gasteiger partial charge in [0.15, 0.2) is 0 Å². The van der Waals surface area contributed by atoms with Gasteiger partial charge >= 0.3 is 0 Å². The number of likely N-dealkylation sites (tertiary alicyclic amines) is 1. The summed E-state index contributed by atoms with van der Waals surface area (Å²) in [4.78, 5) is 15.4. The van der Waals surface area contributed by atoms with Crippen molar-refractivity contribution in [2.24, 2.45) is 5.92 Å². The molecule has 2 heterocycles. The third kappa shape index (κ3) is 3.39. The lowest BCUT2D eigenvalue weighted by atomic mass is 9.92. The van der Waals surface area contributed by atoms with Crippen LogP contribution in [0.25, 0.3) is 16.9 Å². The number of benzene rings is 2. The lowest BCUT2D eigenvalue weighted by molar-refractivity contribution is 0.0589. The number of nitrogens with zero attached hydrogens (tertiary/aromatic N) is 3. The minimum Gasteiger partial charge on any atom is -0.336 e. The number of piperidine rings is 1. The van der Waals surface area contributed by atoms with Crippen molar-refractivity contribution in [3.05, 3.63) is 72.4 Å². The van der Waals surface area contributed by atoms with Crippen molar-refractivity contribution >= 4 is 5.91 Å². The number of rotatable bonds is 3. The molecule has 138 valence electrons. The molecule has 1 saturated heterocycles. The van der Waals surface area contributed by atoms with Gasteiger partial charge in [0.25, 0.3) is 5.91 Å². The zero-order valence-electron chi connectivity index (χ0n) is 15.9. The summed E-state index contributed by atoms with van der Waals surface area (Å²) in [5.41, 5.74) is 3.49. The molecule has 1 aliphatic rings. The Morgan fingerprint density at radius 3 is 2.33 bits per heavy atom. The highest BCUT2D eigenvalue weighted by molar-refractivity contribution is 6.00. The molecule has 0 bridgehead atoms. The normalized spacial score (nSPS) is 19.9. The van der Waals surface area contributed by atoms with Crippen LogP contribution in [-0.4, -0.2) is 33.2 Å². The first-order valence-corrected chi connectivity index (χ1v) is 9.65. The third-order valence-electron chi connectivity index (χ3n) is 5.45. The molecule has 1 amide bonds. The number of hydrogen-bond acceptors (Lipinski definition) is 2. The Morgan fingerprint density at radius 2 is 1.67 bits per heavy atom. The van der Waals surface area contributed by atoms with E-state index in [1.807, 2.05) is 70.2 Å². The predicted octanol–water partition coefficient (Wildman–Crippen LogP) is 4.80. The van der Waals surface area contributed by atoms with Crippen LogP contribution in [-0.2, 0) is 0 Å². The highest BCUT2D eigenvalue weighted by Crippen LogP contribution is 2.30. The maximum atomic E-state index is 13.4. The molecule has 4 rings (SSSR count). The van der Waals surface area contributed by atoms with Gasteiger partial charge in [-0.05, 0) is 37.8 Å². The lowest BCUT2D eigenvalue weighted by Gasteiger charge is -2.36. The van der Waals surface area contributed by atoms with Crippen LogP contribution in [0.1, 0.15) is 37.0 Å². The van der Waals surface area contributed by atoms with Gasteiger partial charge in [-0.25, -0.2) is 4.68 Å². The Balaban J connectivity index is 1.79. The maximum absolute atomic E-state index is 13.4. The van der Waals surface area contributed by atoms with Crippen LogP contribution in [0.2, 0.25) is 0 Å². The van der Waals surface area contributed by atoms with Gasteiger partial charge in [0.1, 0.15) is 0 Å². The molecule has 0 spiro atoms. The minimum absolute atomic E-state index is 0.0791. The summed E-state index contributed by atoms with van der Waals surface area (Å²) in [6, 6.07) is 20.3. The van der Waals surface area contributed by atoms with Crippen molar-refractivity contribution in [1.29, 1.82) is 0 Å². The first-order chi connectivity index (χ1) is 13.1. The highest BCUT2D eigenvalue weighted by atomic mass is 16.2. The molecule has 2 atom stereocenters. The second kappa shape index (κ2) is 7.39. The van der Waals surface area contributed by atoms with E-state index in [0.717, 1.165) is 36.3 Å². The Bertz CT molecular complexity index is 917. The molecule has 0 aliphatic carbocycles. The summed E-state index contributed by atoms with van der Waals surface area (Å²) in [5, 5.41) is 4.59. The van der Waals surface area contributed by atoms with Gasteiger partial charge in [0.2, 0.25) is 0 Å². The zero-order valence-corrected chi connectivity index (χ0v) is 15.9. The number of para-hydroxylation sites is 1. The molecule has 1 aromatic heterocycles.